The molecule has 196 valence electrons. The summed E-state index contributed by atoms with van der Waals surface area (Å²) in [7, 11) is 0. The van der Waals surface area contributed by atoms with Gasteiger partial charge in [-0.05, 0) is 50.4 Å². The van der Waals surface area contributed by atoms with Crippen molar-refractivity contribution in [3.8, 4) is 0 Å². The summed E-state index contributed by atoms with van der Waals surface area (Å²) in [5.74, 6) is 0.843. The van der Waals surface area contributed by atoms with Crippen molar-refractivity contribution in [1.29, 1.82) is 0 Å². The number of esters is 2. The summed E-state index contributed by atoms with van der Waals surface area (Å²) in [5.41, 5.74) is 1.12. The predicted octanol–water partition coefficient (Wildman–Crippen LogP) is 5.50. The molecule has 2 aromatic heterocycles. The van der Waals surface area contributed by atoms with Crippen molar-refractivity contribution in [3.63, 3.8) is 0 Å². The molecule has 36 heavy (non-hydrogen) atoms. The van der Waals surface area contributed by atoms with Crippen LogP contribution in [0.3, 0.4) is 0 Å². The molecule has 0 aromatic carbocycles. The molecule has 0 saturated heterocycles. The standard InChI is InChI=1S/C28H38N2O6/c1-17-7-19(3)25(11-23-13-29-15-33-23)35-28(32)22(6)10-18(2)8-20(4)26(12-24-14-30-16-34-24)36-27(31)21(5)9-17/h9-10,13-20,25-26H,7-8,11-12H2,1-6H3/b21-9-,22-10?/t17-,18-,19+,20+,25+,26+/m1/s1. The molecule has 8 nitrogen and oxygen atoms in total. The van der Waals surface area contributed by atoms with E-state index in [0.717, 1.165) is 0 Å². The van der Waals surface area contributed by atoms with Gasteiger partial charge in [0.1, 0.15) is 23.7 Å². The molecule has 0 spiro atoms. The number of nitrogens with zero attached hydrogens (tertiary/aromatic N) is 2. The number of rotatable bonds is 4. The van der Waals surface area contributed by atoms with E-state index < -0.39 is 0 Å². The maximum absolute atomic E-state index is 13.0. The van der Waals surface area contributed by atoms with E-state index in [4.69, 9.17) is 18.3 Å². The smallest absolute Gasteiger partial charge is 0.333 e. The van der Waals surface area contributed by atoms with Gasteiger partial charge in [-0.2, -0.15) is 0 Å². The van der Waals surface area contributed by atoms with Gasteiger partial charge in [0.2, 0.25) is 0 Å². The molecule has 0 N–H and O–H groups in total. The zero-order valence-electron chi connectivity index (χ0n) is 22.1. The van der Waals surface area contributed by atoms with Crippen molar-refractivity contribution in [2.24, 2.45) is 23.7 Å². The topological polar surface area (TPSA) is 105 Å². The second-order valence-corrected chi connectivity index (χ2v) is 10.3. The lowest BCUT2D eigenvalue weighted by atomic mass is 9.88. The third-order valence-electron chi connectivity index (χ3n) is 6.76. The quantitative estimate of drug-likeness (QED) is 0.509. The third kappa shape index (κ3) is 7.93. The molecule has 0 bridgehead atoms. The molecule has 1 aliphatic rings. The minimum atomic E-state index is -0.384. The number of hydrogen-bond acceptors (Lipinski definition) is 8. The summed E-state index contributed by atoms with van der Waals surface area (Å²) >= 11 is 0. The Morgan fingerprint density at radius 3 is 1.44 bits per heavy atom. The second kappa shape index (κ2) is 12.7. The van der Waals surface area contributed by atoms with Gasteiger partial charge in [-0.3, -0.25) is 0 Å². The molecule has 2 aromatic rings. The van der Waals surface area contributed by atoms with Gasteiger partial charge < -0.3 is 18.3 Å². The zero-order chi connectivity index (χ0) is 26.2. The summed E-state index contributed by atoms with van der Waals surface area (Å²) in [6.07, 6.45) is 11.4. The molecule has 0 radical (unpaired) electrons. The number of cyclic esters (lactones) is 2. The lowest BCUT2D eigenvalue weighted by molar-refractivity contribution is -0.147. The second-order valence-electron chi connectivity index (χ2n) is 10.3. The van der Waals surface area contributed by atoms with E-state index in [1.165, 1.54) is 12.8 Å². The molecule has 0 fully saturated rings. The summed E-state index contributed by atoms with van der Waals surface area (Å²) in [6.45, 7) is 11.8. The third-order valence-corrected chi connectivity index (χ3v) is 6.76. The first-order valence-electron chi connectivity index (χ1n) is 12.7. The van der Waals surface area contributed by atoms with Gasteiger partial charge in [0.15, 0.2) is 12.8 Å². The van der Waals surface area contributed by atoms with Gasteiger partial charge in [0.25, 0.3) is 0 Å². The number of carbonyl (C=O) groups is 2. The maximum Gasteiger partial charge on any atom is 0.333 e. The van der Waals surface area contributed by atoms with Gasteiger partial charge in [0, 0.05) is 24.0 Å². The molecule has 0 amide bonds. The van der Waals surface area contributed by atoms with Crippen LogP contribution in [0.15, 0.2) is 57.3 Å². The van der Waals surface area contributed by atoms with Crippen LogP contribution >= 0.6 is 0 Å². The molecule has 6 atom stereocenters. The van der Waals surface area contributed by atoms with Crippen LogP contribution in [-0.4, -0.2) is 34.1 Å². The lowest BCUT2D eigenvalue weighted by Crippen LogP contribution is -2.30. The predicted molar refractivity (Wildman–Crippen MR) is 134 cm³/mol. The van der Waals surface area contributed by atoms with Crippen LogP contribution in [0.1, 0.15) is 65.9 Å². The van der Waals surface area contributed by atoms with Crippen LogP contribution in [0.5, 0.6) is 0 Å². The maximum atomic E-state index is 13.0. The number of ether oxygens (including phenoxy) is 2. The molecular weight excluding hydrogens is 460 g/mol. The van der Waals surface area contributed by atoms with Crippen LogP contribution in [0.25, 0.3) is 0 Å². The fraction of sp³-hybridized carbons (Fsp3) is 0.571. The largest absolute Gasteiger partial charge is 0.458 e. The summed E-state index contributed by atoms with van der Waals surface area (Å²) in [6, 6.07) is 0. The van der Waals surface area contributed by atoms with Crippen LogP contribution in [-0.2, 0) is 31.9 Å². The van der Waals surface area contributed by atoms with Crippen LogP contribution in [0, 0.1) is 23.7 Å². The molecule has 3 rings (SSSR count). The van der Waals surface area contributed by atoms with Crippen molar-refractivity contribution in [1.82, 2.24) is 9.97 Å². The highest BCUT2D eigenvalue weighted by atomic mass is 16.5. The Labute approximate surface area is 213 Å². The number of allylic oxidation sites excluding steroid dienone is 2. The molecule has 0 aliphatic carbocycles. The van der Waals surface area contributed by atoms with Crippen LogP contribution in [0.2, 0.25) is 0 Å². The van der Waals surface area contributed by atoms with E-state index >= 15 is 0 Å². The summed E-state index contributed by atoms with van der Waals surface area (Å²) in [5, 5.41) is 0. The minimum absolute atomic E-state index is 0.0199. The van der Waals surface area contributed by atoms with E-state index in [2.05, 4.69) is 9.97 Å². The van der Waals surface area contributed by atoms with E-state index in [0.29, 0.717) is 48.3 Å². The van der Waals surface area contributed by atoms with Crippen molar-refractivity contribution < 1.29 is 27.9 Å². The normalized spacial score (nSPS) is 30.6. The molecule has 0 saturated carbocycles. The van der Waals surface area contributed by atoms with Gasteiger partial charge >= 0.3 is 11.9 Å². The van der Waals surface area contributed by atoms with Crippen LogP contribution in [0.4, 0.5) is 0 Å². The first-order valence-corrected chi connectivity index (χ1v) is 12.7. The van der Waals surface area contributed by atoms with Gasteiger partial charge in [-0.1, -0.05) is 39.8 Å². The van der Waals surface area contributed by atoms with E-state index in [-0.39, 0.29) is 47.8 Å². The highest BCUT2D eigenvalue weighted by Crippen LogP contribution is 2.27. The number of hydrogen-bond donors (Lipinski definition) is 0. The first-order chi connectivity index (χ1) is 17.1. The first kappa shape index (κ1) is 27.4. The molecule has 1 aliphatic heterocycles. The molecular formula is C28H38N2O6. The van der Waals surface area contributed by atoms with Gasteiger partial charge in [-0.25, -0.2) is 19.6 Å². The molecule has 3 heterocycles. The minimum Gasteiger partial charge on any atom is -0.458 e. The van der Waals surface area contributed by atoms with Gasteiger partial charge in [0.05, 0.1) is 12.4 Å². The van der Waals surface area contributed by atoms with E-state index in [9.17, 15) is 9.59 Å². The van der Waals surface area contributed by atoms with E-state index in [1.807, 2.05) is 39.8 Å². The van der Waals surface area contributed by atoms with Crippen molar-refractivity contribution in [2.45, 2.75) is 79.4 Å². The molecule has 8 heteroatoms. The average Bonchev–Trinajstić information content (AvgIpc) is 3.51. The zero-order valence-corrected chi connectivity index (χ0v) is 22.1. The van der Waals surface area contributed by atoms with Gasteiger partial charge in [-0.15, -0.1) is 0 Å². The Morgan fingerprint density at radius 2 is 1.11 bits per heavy atom. The van der Waals surface area contributed by atoms with Crippen LogP contribution < -0.4 is 0 Å². The number of oxazole rings is 2. The Hall–Kier alpha value is -3.16. The van der Waals surface area contributed by atoms with Crippen molar-refractivity contribution in [3.05, 3.63) is 60.0 Å². The Kier molecular flexibility index (Phi) is 9.67. The monoisotopic (exact) mass is 498 g/mol. The highest BCUT2D eigenvalue weighted by molar-refractivity contribution is 5.88. The number of aromatic nitrogens is 2. The average molecular weight is 499 g/mol. The van der Waals surface area contributed by atoms with E-state index in [1.54, 1.807) is 26.2 Å². The fourth-order valence-corrected chi connectivity index (χ4v) is 4.86. The van der Waals surface area contributed by atoms with Crippen molar-refractivity contribution in [2.75, 3.05) is 0 Å². The Bertz CT molecular complexity index is 956. The highest BCUT2D eigenvalue weighted by Gasteiger charge is 2.28. The van der Waals surface area contributed by atoms with Crippen molar-refractivity contribution >= 4 is 11.9 Å². The SMILES string of the molecule is CC1=C[C@H](C)C[C@H](C)[C@H](Cc2cnco2)OC(=O)/C(C)=C\[C@H](C)C[C@H](C)[C@H](Cc2cnco2)OC1=O. The summed E-state index contributed by atoms with van der Waals surface area (Å²) in [4.78, 5) is 34.0. The Morgan fingerprint density at radius 1 is 0.722 bits per heavy atom. The lowest BCUT2D eigenvalue weighted by Gasteiger charge is -2.27. The Balaban J connectivity index is 1.87. The summed E-state index contributed by atoms with van der Waals surface area (Å²) < 4.78 is 22.8. The molecule has 0 unspecified atom stereocenters. The fourth-order valence-electron chi connectivity index (χ4n) is 4.86. The number of carbonyl (C=O) groups excluding carboxylic acids is 2.